The van der Waals surface area contributed by atoms with Crippen LogP contribution in [0.3, 0.4) is 0 Å². The largest absolute Gasteiger partial charge is 0.360 e. The van der Waals surface area contributed by atoms with E-state index in [2.05, 4.69) is 85.5 Å². The second-order valence-electron chi connectivity index (χ2n) is 9.65. The van der Waals surface area contributed by atoms with E-state index in [0.717, 1.165) is 36.6 Å². The van der Waals surface area contributed by atoms with Gasteiger partial charge < -0.3 is 15.5 Å². The zero-order chi connectivity index (χ0) is 21.1. The Morgan fingerprint density at radius 1 is 1.07 bits per heavy atom. The SMILES string of the molecule is Cc1ccc(CN(Cc2cccnc2)C(=S)NC2CC(C)(C)NC(C)(C)C2)cc1. The fourth-order valence-corrected chi connectivity index (χ4v) is 4.81. The normalized spacial score (nSPS) is 18.2. The van der Waals surface area contributed by atoms with E-state index in [-0.39, 0.29) is 11.1 Å². The highest BCUT2D eigenvalue weighted by atomic mass is 32.1. The lowest BCUT2D eigenvalue weighted by Gasteiger charge is -2.47. The molecule has 156 valence electrons. The van der Waals surface area contributed by atoms with Gasteiger partial charge in [-0.15, -0.1) is 0 Å². The molecule has 1 aromatic heterocycles. The van der Waals surface area contributed by atoms with Crippen LogP contribution in [0.25, 0.3) is 0 Å². The molecule has 0 spiro atoms. The number of hydrogen-bond donors (Lipinski definition) is 2. The number of nitrogens with one attached hydrogen (secondary N) is 2. The van der Waals surface area contributed by atoms with E-state index in [9.17, 15) is 0 Å². The molecule has 0 saturated carbocycles. The van der Waals surface area contributed by atoms with Crippen LogP contribution in [0.4, 0.5) is 0 Å². The van der Waals surface area contributed by atoms with Gasteiger partial charge in [-0.25, -0.2) is 0 Å². The summed E-state index contributed by atoms with van der Waals surface area (Å²) in [4.78, 5) is 6.52. The van der Waals surface area contributed by atoms with E-state index in [1.54, 1.807) is 0 Å². The van der Waals surface area contributed by atoms with Crippen molar-refractivity contribution in [2.24, 2.45) is 0 Å². The number of aryl methyl sites for hydroxylation is 1. The van der Waals surface area contributed by atoms with E-state index in [0.29, 0.717) is 6.04 Å². The molecule has 0 aliphatic carbocycles. The highest BCUT2D eigenvalue weighted by Crippen LogP contribution is 2.28. The number of nitrogens with zero attached hydrogens (tertiary/aromatic N) is 2. The highest BCUT2D eigenvalue weighted by Gasteiger charge is 2.38. The fourth-order valence-electron chi connectivity index (χ4n) is 4.52. The molecular formula is C24H34N4S. The summed E-state index contributed by atoms with van der Waals surface area (Å²) in [5.74, 6) is 0. The maximum atomic E-state index is 5.90. The van der Waals surface area contributed by atoms with Crippen molar-refractivity contribution in [3.8, 4) is 0 Å². The molecule has 0 amide bonds. The van der Waals surface area contributed by atoms with Gasteiger partial charge in [0.15, 0.2) is 5.11 Å². The van der Waals surface area contributed by atoms with Gasteiger partial charge in [-0.3, -0.25) is 4.98 Å². The number of rotatable bonds is 5. The van der Waals surface area contributed by atoms with E-state index in [4.69, 9.17) is 12.2 Å². The predicted octanol–water partition coefficient (Wildman–Crippen LogP) is 4.58. The first kappa shape index (κ1) is 21.7. The Kier molecular flexibility index (Phi) is 6.59. The van der Waals surface area contributed by atoms with E-state index >= 15 is 0 Å². The van der Waals surface area contributed by atoms with Crippen LogP contribution in [-0.2, 0) is 13.1 Å². The first-order valence-corrected chi connectivity index (χ1v) is 10.8. The minimum atomic E-state index is 0.0835. The molecule has 1 saturated heterocycles. The average Bonchev–Trinajstić information content (AvgIpc) is 2.61. The molecule has 1 aliphatic rings. The van der Waals surface area contributed by atoms with Crippen molar-refractivity contribution >= 4 is 17.3 Å². The molecule has 0 bridgehead atoms. The first-order valence-electron chi connectivity index (χ1n) is 10.4. The number of thiocarbonyl (C=S) groups is 1. The molecular weight excluding hydrogens is 376 g/mol. The van der Waals surface area contributed by atoms with Crippen LogP contribution in [0, 0.1) is 6.92 Å². The van der Waals surface area contributed by atoms with Crippen LogP contribution in [0.1, 0.15) is 57.2 Å². The zero-order valence-corrected chi connectivity index (χ0v) is 19.1. The van der Waals surface area contributed by atoms with Gasteiger partial charge in [-0.05, 0) is 76.9 Å². The van der Waals surface area contributed by atoms with E-state index < -0.39 is 0 Å². The number of pyridine rings is 1. The van der Waals surface area contributed by atoms with Gasteiger partial charge in [-0.2, -0.15) is 0 Å². The molecule has 0 atom stereocenters. The van der Waals surface area contributed by atoms with Crippen molar-refractivity contribution in [2.45, 2.75) is 77.7 Å². The van der Waals surface area contributed by atoms with Gasteiger partial charge in [0.2, 0.25) is 0 Å². The maximum absolute atomic E-state index is 5.90. The Bertz CT molecular complexity index is 799. The van der Waals surface area contributed by atoms with Crippen molar-refractivity contribution in [3.05, 3.63) is 65.5 Å². The number of benzene rings is 1. The van der Waals surface area contributed by atoms with Crippen molar-refractivity contribution in [1.82, 2.24) is 20.5 Å². The van der Waals surface area contributed by atoms with Gasteiger partial charge in [0, 0.05) is 42.6 Å². The summed E-state index contributed by atoms with van der Waals surface area (Å²) in [6.07, 6.45) is 5.81. The van der Waals surface area contributed by atoms with Gasteiger partial charge >= 0.3 is 0 Å². The Balaban J connectivity index is 1.75. The Hall–Kier alpha value is -1.98. The fraction of sp³-hybridized carbons (Fsp3) is 0.500. The van der Waals surface area contributed by atoms with Gasteiger partial charge in [-0.1, -0.05) is 35.9 Å². The molecule has 2 heterocycles. The van der Waals surface area contributed by atoms with Crippen LogP contribution in [0.5, 0.6) is 0 Å². The van der Waals surface area contributed by atoms with Crippen LogP contribution < -0.4 is 10.6 Å². The topological polar surface area (TPSA) is 40.2 Å². The summed E-state index contributed by atoms with van der Waals surface area (Å²) >= 11 is 5.90. The highest BCUT2D eigenvalue weighted by molar-refractivity contribution is 7.80. The first-order chi connectivity index (χ1) is 13.6. The summed E-state index contributed by atoms with van der Waals surface area (Å²) in [5, 5.41) is 8.24. The smallest absolute Gasteiger partial charge is 0.169 e. The molecule has 0 unspecified atom stereocenters. The molecule has 1 aliphatic heterocycles. The maximum Gasteiger partial charge on any atom is 0.169 e. The molecule has 1 fully saturated rings. The van der Waals surface area contributed by atoms with Crippen molar-refractivity contribution in [3.63, 3.8) is 0 Å². The second kappa shape index (κ2) is 8.80. The monoisotopic (exact) mass is 410 g/mol. The summed E-state index contributed by atoms with van der Waals surface area (Å²) in [6.45, 7) is 12.7. The van der Waals surface area contributed by atoms with E-state index in [1.807, 2.05) is 18.5 Å². The lowest BCUT2D eigenvalue weighted by molar-refractivity contribution is 0.153. The van der Waals surface area contributed by atoms with Crippen LogP contribution in [0.15, 0.2) is 48.8 Å². The van der Waals surface area contributed by atoms with Gasteiger partial charge in [0.1, 0.15) is 0 Å². The van der Waals surface area contributed by atoms with Gasteiger partial charge in [0.25, 0.3) is 0 Å². The van der Waals surface area contributed by atoms with E-state index in [1.165, 1.54) is 11.1 Å². The molecule has 2 N–H and O–H groups in total. The quantitative estimate of drug-likeness (QED) is 0.706. The summed E-state index contributed by atoms with van der Waals surface area (Å²) in [7, 11) is 0. The van der Waals surface area contributed by atoms with Gasteiger partial charge in [0.05, 0.1) is 0 Å². The Labute approximate surface area is 181 Å². The molecule has 4 nitrogen and oxygen atoms in total. The zero-order valence-electron chi connectivity index (χ0n) is 18.3. The minimum absolute atomic E-state index is 0.0835. The minimum Gasteiger partial charge on any atom is -0.360 e. The third-order valence-corrected chi connectivity index (χ3v) is 5.77. The second-order valence-corrected chi connectivity index (χ2v) is 10.0. The van der Waals surface area contributed by atoms with Crippen molar-refractivity contribution in [2.75, 3.05) is 0 Å². The lowest BCUT2D eigenvalue weighted by Crippen LogP contribution is -2.62. The third-order valence-electron chi connectivity index (χ3n) is 5.40. The molecule has 2 aromatic rings. The number of aromatic nitrogens is 1. The lowest BCUT2D eigenvalue weighted by atomic mass is 9.80. The third kappa shape index (κ3) is 6.51. The molecule has 5 heteroatoms. The summed E-state index contributed by atoms with van der Waals surface area (Å²) < 4.78 is 0. The number of hydrogen-bond acceptors (Lipinski definition) is 3. The Morgan fingerprint density at radius 3 is 2.28 bits per heavy atom. The average molecular weight is 411 g/mol. The van der Waals surface area contributed by atoms with Crippen LogP contribution in [-0.4, -0.2) is 32.1 Å². The molecule has 0 radical (unpaired) electrons. The van der Waals surface area contributed by atoms with Crippen molar-refractivity contribution in [1.29, 1.82) is 0 Å². The summed E-state index contributed by atoms with van der Waals surface area (Å²) in [5.41, 5.74) is 3.86. The van der Waals surface area contributed by atoms with Crippen LogP contribution >= 0.6 is 12.2 Å². The Morgan fingerprint density at radius 2 is 1.69 bits per heavy atom. The van der Waals surface area contributed by atoms with Crippen molar-refractivity contribution < 1.29 is 0 Å². The number of piperidine rings is 1. The summed E-state index contributed by atoms with van der Waals surface area (Å²) in [6, 6.07) is 13.1. The molecule has 29 heavy (non-hydrogen) atoms. The standard InChI is InChI=1S/C24H34N4S/c1-18-8-10-19(11-9-18)16-28(17-20-7-6-12-25-15-20)22(29)26-21-13-23(2,3)27-24(4,5)14-21/h6-12,15,21,27H,13-14,16-17H2,1-5H3,(H,26,29). The predicted molar refractivity (Wildman–Crippen MR) is 125 cm³/mol. The van der Waals surface area contributed by atoms with Crippen LogP contribution in [0.2, 0.25) is 0 Å². The molecule has 3 rings (SSSR count). The molecule has 1 aromatic carbocycles.